The van der Waals surface area contributed by atoms with Gasteiger partial charge >= 0.3 is 0 Å². The van der Waals surface area contributed by atoms with Gasteiger partial charge in [-0.2, -0.15) is 0 Å². The van der Waals surface area contributed by atoms with Crippen molar-refractivity contribution in [3.63, 3.8) is 0 Å². The molecule has 0 spiro atoms. The molecule has 0 rings (SSSR count). The van der Waals surface area contributed by atoms with Crippen molar-refractivity contribution in [1.82, 2.24) is 10.6 Å². The maximum absolute atomic E-state index is 10.7. The van der Waals surface area contributed by atoms with E-state index in [1.807, 2.05) is 6.92 Å². The van der Waals surface area contributed by atoms with Crippen LogP contribution >= 0.6 is 0 Å². The standard InChI is InChI=1S/C8H18N2O/c1-3-8(11)10-7-5-6-9-4-2/h9H,3-7H2,1-2H3,(H,10,11). The predicted molar refractivity (Wildman–Crippen MR) is 46.5 cm³/mol. The molecule has 0 aromatic carbocycles. The molecule has 0 bridgehead atoms. The fourth-order valence-corrected chi connectivity index (χ4v) is 0.743. The second-order valence-electron chi connectivity index (χ2n) is 2.41. The molecule has 0 aromatic rings. The Morgan fingerprint density at radius 2 is 2.00 bits per heavy atom. The highest BCUT2D eigenvalue weighted by molar-refractivity contribution is 5.75. The van der Waals surface area contributed by atoms with Crippen molar-refractivity contribution in [3.05, 3.63) is 0 Å². The molecule has 0 heterocycles. The Morgan fingerprint density at radius 1 is 1.27 bits per heavy atom. The first-order valence-electron chi connectivity index (χ1n) is 4.28. The third kappa shape index (κ3) is 7.33. The summed E-state index contributed by atoms with van der Waals surface area (Å²) in [5.41, 5.74) is 0. The van der Waals surface area contributed by atoms with E-state index in [1.165, 1.54) is 0 Å². The lowest BCUT2D eigenvalue weighted by Crippen LogP contribution is -2.26. The van der Waals surface area contributed by atoms with E-state index in [2.05, 4.69) is 17.6 Å². The molecule has 0 aliphatic heterocycles. The first kappa shape index (κ1) is 10.4. The van der Waals surface area contributed by atoms with Gasteiger partial charge in [0.25, 0.3) is 0 Å². The lowest BCUT2D eigenvalue weighted by atomic mass is 10.4. The topological polar surface area (TPSA) is 41.1 Å². The SMILES string of the molecule is CCNCCCNC(=O)CC. The third-order valence-corrected chi connectivity index (χ3v) is 1.42. The zero-order valence-electron chi connectivity index (χ0n) is 7.44. The number of rotatable bonds is 6. The lowest BCUT2D eigenvalue weighted by Gasteiger charge is -2.02. The number of hydrogen-bond acceptors (Lipinski definition) is 2. The minimum absolute atomic E-state index is 0.140. The molecule has 0 saturated carbocycles. The number of carbonyl (C=O) groups excluding carboxylic acids is 1. The quantitative estimate of drug-likeness (QED) is 0.553. The van der Waals surface area contributed by atoms with Crippen LogP contribution in [0.5, 0.6) is 0 Å². The summed E-state index contributed by atoms with van der Waals surface area (Å²) in [6.07, 6.45) is 1.60. The Bertz CT molecular complexity index is 104. The maximum Gasteiger partial charge on any atom is 0.219 e. The first-order valence-corrected chi connectivity index (χ1v) is 4.28. The van der Waals surface area contributed by atoms with Crippen molar-refractivity contribution in [3.8, 4) is 0 Å². The van der Waals surface area contributed by atoms with Gasteiger partial charge in [0.2, 0.25) is 5.91 Å². The van der Waals surface area contributed by atoms with Crippen molar-refractivity contribution in [2.75, 3.05) is 19.6 Å². The van der Waals surface area contributed by atoms with Gasteiger partial charge in [-0.25, -0.2) is 0 Å². The van der Waals surface area contributed by atoms with Gasteiger partial charge in [-0.05, 0) is 19.5 Å². The average molecular weight is 158 g/mol. The van der Waals surface area contributed by atoms with Crippen LogP contribution in [0.3, 0.4) is 0 Å². The summed E-state index contributed by atoms with van der Waals surface area (Å²) >= 11 is 0. The van der Waals surface area contributed by atoms with Crippen molar-refractivity contribution < 1.29 is 4.79 Å². The molecule has 0 saturated heterocycles. The molecular weight excluding hydrogens is 140 g/mol. The van der Waals surface area contributed by atoms with Crippen LogP contribution in [0.15, 0.2) is 0 Å². The van der Waals surface area contributed by atoms with Gasteiger partial charge < -0.3 is 10.6 Å². The Labute approximate surface area is 68.6 Å². The summed E-state index contributed by atoms with van der Waals surface area (Å²) in [5.74, 6) is 0.140. The lowest BCUT2D eigenvalue weighted by molar-refractivity contribution is -0.120. The summed E-state index contributed by atoms with van der Waals surface area (Å²) in [4.78, 5) is 10.7. The van der Waals surface area contributed by atoms with Crippen LogP contribution < -0.4 is 10.6 Å². The van der Waals surface area contributed by atoms with E-state index in [0.29, 0.717) is 6.42 Å². The molecule has 0 aliphatic carbocycles. The van der Waals surface area contributed by atoms with Gasteiger partial charge in [0.05, 0.1) is 0 Å². The summed E-state index contributed by atoms with van der Waals surface area (Å²) < 4.78 is 0. The average Bonchev–Trinajstić information content (AvgIpc) is 2.04. The molecule has 2 N–H and O–H groups in total. The van der Waals surface area contributed by atoms with Gasteiger partial charge in [-0.1, -0.05) is 13.8 Å². The summed E-state index contributed by atoms with van der Waals surface area (Å²) in [6, 6.07) is 0. The highest BCUT2D eigenvalue weighted by atomic mass is 16.1. The van der Waals surface area contributed by atoms with E-state index in [1.54, 1.807) is 0 Å². The van der Waals surface area contributed by atoms with Crippen LogP contribution in [0.1, 0.15) is 26.7 Å². The minimum Gasteiger partial charge on any atom is -0.356 e. The van der Waals surface area contributed by atoms with Gasteiger partial charge in [0.1, 0.15) is 0 Å². The molecule has 0 fully saturated rings. The molecule has 1 amide bonds. The molecule has 0 atom stereocenters. The monoisotopic (exact) mass is 158 g/mol. The Kier molecular flexibility index (Phi) is 7.15. The Morgan fingerprint density at radius 3 is 2.55 bits per heavy atom. The van der Waals surface area contributed by atoms with Gasteiger partial charge in [0.15, 0.2) is 0 Å². The fourth-order valence-electron chi connectivity index (χ4n) is 0.743. The Hall–Kier alpha value is -0.570. The molecule has 3 heteroatoms. The number of carbonyl (C=O) groups is 1. The van der Waals surface area contributed by atoms with Crippen LogP contribution in [-0.2, 0) is 4.79 Å². The van der Waals surface area contributed by atoms with E-state index in [4.69, 9.17) is 0 Å². The Balaban J connectivity index is 2.95. The van der Waals surface area contributed by atoms with E-state index in [0.717, 1.165) is 26.1 Å². The minimum atomic E-state index is 0.140. The van der Waals surface area contributed by atoms with Crippen LogP contribution in [-0.4, -0.2) is 25.5 Å². The predicted octanol–water partition coefficient (Wildman–Crippen LogP) is 0.512. The van der Waals surface area contributed by atoms with Crippen LogP contribution in [0.2, 0.25) is 0 Å². The number of amides is 1. The summed E-state index contributed by atoms with van der Waals surface area (Å²) in [5, 5.41) is 6.00. The molecule has 0 aromatic heterocycles. The first-order chi connectivity index (χ1) is 5.31. The molecule has 0 unspecified atom stereocenters. The largest absolute Gasteiger partial charge is 0.356 e. The van der Waals surface area contributed by atoms with Crippen LogP contribution in [0.25, 0.3) is 0 Å². The van der Waals surface area contributed by atoms with Gasteiger partial charge in [0, 0.05) is 13.0 Å². The summed E-state index contributed by atoms with van der Waals surface area (Å²) in [7, 11) is 0. The zero-order chi connectivity index (χ0) is 8.53. The van der Waals surface area contributed by atoms with E-state index >= 15 is 0 Å². The van der Waals surface area contributed by atoms with Crippen LogP contribution in [0, 0.1) is 0 Å². The summed E-state index contributed by atoms with van der Waals surface area (Å²) in [6.45, 7) is 6.71. The number of nitrogens with one attached hydrogen (secondary N) is 2. The van der Waals surface area contributed by atoms with Crippen molar-refractivity contribution in [1.29, 1.82) is 0 Å². The molecule has 0 aliphatic rings. The van der Waals surface area contributed by atoms with Crippen molar-refractivity contribution >= 4 is 5.91 Å². The van der Waals surface area contributed by atoms with E-state index in [-0.39, 0.29) is 5.91 Å². The normalized spacial score (nSPS) is 9.64. The van der Waals surface area contributed by atoms with Gasteiger partial charge in [-0.3, -0.25) is 4.79 Å². The van der Waals surface area contributed by atoms with Crippen molar-refractivity contribution in [2.45, 2.75) is 26.7 Å². The molecule has 66 valence electrons. The van der Waals surface area contributed by atoms with E-state index in [9.17, 15) is 4.79 Å². The smallest absolute Gasteiger partial charge is 0.219 e. The van der Waals surface area contributed by atoms with Gasteiger partial charge in [-0.15, -0.1) is 0 Å². The van der Waals surface area contributed by atoms with Crippen LogP contribution in [0.4, 0.5) is 0 Å². The number of hydrogen-bond donors (Lipinski definition) is 2. The molecule has 11 heavy (non-hydrogen) atoms. The molecule has 3 nitrogen and oxygen atoms in total. The zero-order valence-corrected chi connectivity index (χ0v) is 7.44. The maximum atomic E-state index is 10.7. The third-order valence-electron chi connectivity index (χ3n) is 1.42. The second-order valence-corrected chi connectivity index (χ2v) is 2.41. The highest BCUT2D eigenvalue weighted by Crippen LogP contribution is 1.77. The fraction of sp³-hybridized carbons (Fsp3) is 0.875. The van der Waals surface area contributed by atoms with Crippen molar-refractivity contribution in [2.24, 2.45) is 0 Å². The molecule has 0 radical (unpaired) electrons. The molecular formula is C8H18N2O. The second kappa shape index (κ2) is 7.54. The highest BCUT2D eigenvalue weighted by Gasteiger charge is 1.93. The van der Waals surface area contributed by atoms with E-state index < -0.39 is 0 Å².